The van der Waals surface area contributed by atoms with Crippen LogP contribution in [0.2, 0.25) is 0 Å². The number of anilines is 1. The third-order valence-electron chi connectivity index (χ3n) is 2.97. The Labute approximate surface area is 111 Å². The van der Waals surface area contributed by atoms with E-state index in [1.807, 2.05) is 0 Å². The molecule has 1 aromatic carbocycles. The minimum atomic E-state index is -0.211. The Hall–Kier alpha value is -1.20. The van der Waals surface area contributed by atoms with Crippen LogP contribution in [-0.4, -0.2) is 36.1 Å². The third kappa shape index (κ3) is 3.17. The summed E-state index contributed by atoms with van der Waals surface area (Å²) in [5, 5.41) is 4.14. The van der Waals surface area contributed by atoms with E-state index < -0.39 is 0 Å². The lowest BCUT2D eigenvalue weighted by atomic mass is 10.3. The number of halogens is 1. The van der Waals surface area contributed by atoms with Gasteiger partial charge in [-0.1, -0.05) is 11.3 Å². The van der Waals surface area contributed by atoms with Crippen molar-refractivity contribution in [2.75, 3.05) is 25.5 Å². The minimum Gasteiger partial charge on any atom is -0.360 e. The van der Waals surface area contributed by atoms with Gasteiger partial charge in [-0.15, -0.1) is 0 Å². The molecule has 98 valence electrons. The van der Waals surface area contributed by atoms with Crippen LogP contribution in [0, 0.1) is 5.82 Å². The smallest absolute Gasteiger partial charge is 0.183 e. The molecule has 0 atom stereocenters. The number of nitrogens with one attached hydrogen (secondary N) is 1. The van der Waals surface area contributed by atoms with Crippen molar-refractivity contribution in [2.45, 2.75) is 19.9 Å². The molecule has 0 unspecified atom stereocenters. The van der Waals surface area contributed by atoms with Crippen molar-refractivity contribution in [3.05, 3.63) is 24.0 Å². The van der Waals surface area contributed by atoms with Gasteiger partial charge in [0.05, 0.1) is 10.2 Å². The maximum absolute atomic E-state index is 13.0. The lowest BCUT2D eigenvalue weighted by molar-refractivity contribution is 0.284. The molecule has 0 amide bonds. The zero-order valence-corrected chi connectivity index (χ0v) is 11.7. The van der Waals surface area contributed by atoms with Crippen LogP contribution in [0.5, 0.6) is 0 Å². The summed E-state index contributed by atoms with van der Waals surface area (Å²) in [5.74, 6) is -0.211. The molecular formula is C13H18FN3S. The van der Waals surface area contributed by atoms with Crippen molar-refractivity contribution in [3.8, 4) is 0 Å². The van der Waals surface area contributed by atoms with Gasteiger partial charge in [0.15, 0.2) is 5.13 Å². The second kappa shape index (κ2) is 5.63. The number of likely N-dealkylation sites (N-methyl/N-ethyl adjacent to an activating group) is 1. The number of thiazole rings is 1. The number of benzene rings is 1. The summed E-state index contributed by atoms with van der Waals surface area (Å²) in [7, 11) is 2.10. The third-order valence-corrected chi connectivity index (χ3v) is 3.95. The molecule has 5 heteroatoms. The minimum absolute atomic E-state index is 0.211. The monoisotopic (exact) mass is 267 g/mol. The van der Waals surface area contributed by atoms with Crippen LogP contribution in [0.3, 0.4) is 0 Å². The molecular weight excluding hydrogens is 249 g/mol. The lowest BCUT2D eigenvalue weighted by Gasteiger charge is -2.20. The van der Waals surface area contributed by atoms with Crippen LogP contribution in [0.15, 0.2) is 18.2 Å². The van der Waals surface area contributed by atoms with Crippen LogP contribution in [0.25, 0.3) is 10.2 Å². The van der Waals surface area contributed by atoms with Crippen LogP contribution in [0.4, 0.5) is 9.52 Å². The van der Waals surface area contributed by atoms with Crippen LogP contribution >= 0.6 is 11.3 Å². The van der Waals surface area contributed by atoms with Crippen molar-refractivity contribution >= 4 is 26.7 Å². The van der Waals surface area contributed by atoms with Crippen molar-refractivity contribution < 1.29 is 4.39 Å². The Morgan fingerprint density at radius 3 is 2.94 bits per heavy atom. The van der Waals surface area contributed by atoms with Gasteiger partial charge in [0.1, 0.15) is 5.82 Å². The molecule has 0 aliphatic heterocycles. The Kier molecular flexibility index (Phi) is 4.14. The largest absolute Gasteiger partial charge is 0.360 e. The first-order chi connectivity index (χ1) is 8.56. The second-order valence-corrected chi connectivity index (χ2v) is 5.66. The lowest BCUT2D eigenvalue weighted by Crippen LogP contribution is -2.31. The molecule has 2 rings (SSSR count). The summed E-state index contributed by atoms with van der Waals surface area (Å²) < 4.78 is 13.9. The topological polar surface area (TPSA) is 28.2 Å². The predicted molar refractivity (Wildman–Crippen MR) is 75.8 cm³/mol. The van der Waals surface area contributed by atoms with E-state index in [4.69, 9.17) is 0 Å². The van der Waals surface area contributed by atoms with E-state index in [0.29, 0.717) is 6.04 Å². The molecule has 0 fully saturated rings. The van der Waals surface area contributed by atoms with Crippen molar-refractivity contribution in [1.82, 2.24) is 9.88 Å². The van der Waals surface area contributed by atoms with E-state index >= 15 is 0 Å². The number of nitrogens with zero attached hydrogens (tertiary/aromatic N) is 2. The van der Waals surface area contributed by atoms with E-state index in [1.54, 1.807) is 6.07 Å². The number of aromatic nitrogens is 1. The van der Waals surface area contributed by atoms with Gasteiger partial charge >= 0.3 is 0 Å². The van der Waals surface area contributed by atoms with Gasteiger partial charge in [0.2, 0.25) is 0 Å². The molecule has 0 saturated heterocycles. The number of hydrogen-bond donors (Lipinski definition) is 1. The zero-order valence-electron chi connectivity index (χ0n) is 10.9. The second-order valence-electron chi connectivity index (χ2n) is 4.63. The normalized spacial score (nSPS) is 11.7. The molecule has 1 heterocycles. The Balaban J connectivity index is 1.96. The average molecular weight is 267 g/mol. The van der Waals surface area contributed by atoms with Gasteiger partial charge < -0.3 is 10.2 Å². The van der Waals surface area contributed by atoms with E-state index in [2.05, 4.69) is 36.1 Å². The first-order valence-electron chi connectivity index (χ1n) is 6.06. The fourth-order valence-corrected chi connectivity index (χ4v) is 2.49. The highest BCUT2D eigenvalue weighted by Crippen LogP contribution is 2.26. The highest BCUT2D eigenvalue weighted by Gasteiger charge is 2.06. The highest BCUT2D eigenvalue weighted by molar-refractivity contribution is 7.22. The SMILES string of the molecule is CC(C)N(C)CCNc1nc2ccc(F)cc2s1. The summed E-state index contributed by atoms with van der Waals surface area (Å²) >= 11 is 1.49. The van der Waals surface area contributed by atoms with Gasteiger partial charge in [-0.2, -0.15) is 0 Å². The Morgan fingerprint density at radius 2 is 2.22 bits per heavy atom. The molecule has 1 aromatic heterocycles. The fourth-order valence-electron chi connectivity index (χ4n) is 1.57. The van der Waals surface area contributed by atoms with Gasteiger partial charge in [0, 0.05) is 19.1 Å². The van der Waals surface area contributed by atoms with E-state index in [0.717, 1.165) is 28.4 Å². The fraction of sp³-hybridized carbons (Fsp3) is 0.462. The summed E-state index contributed by atoms with van der Waals surface area (Å²) in [6.07, 6.45) is 0. The quantitative estimate of drug-likeness (QED) is 0.901. The van der Waals surface area contributed by atoms with Crippen LogP contribution < -0.4 is 5.32 Å². The summed E-state index contributed by atoms with van der Waals surface area (Å²) in [4.78, 5) is 6.68. The molecule has 0 spiro atoms. The first-order valence-corrected chi connectivity index (χ1v) is 6.88. The van der Waals surface area contributed by atoms with E-state index in [9.17, 15) is 4.39 Å². The zero-order chi connectivity index (χ0) is 13.1. The number of hydrogen-bond acceptors (Lipinski definition) is 4. The molecule has 0 aliphatic carbocycles. The summed E-state index contributed by atoms with van der Waals surface area (Å²) in [6.45, 7) is 6.14. The summed E-state index contributed by atoms with van der Waals surface area (Å²) in [6, 6.07) is 5.22. The summed E-state index contributed by atoms with van der Waals surface area (Å²) in [5.41, 5.74) is 0.848. The maximum Gasteiger partial charge on any atom is 0.183 e. The van der Waals surface area contributed by atoms with E-state index in [-0.39, 0.29) is 5.82 Å². The molecule has 2 aromatic rings. The number of rotatable bonds is 5. The predicted octanol–water partition coefficient (Wildman–Crippen LogP) is 3.19. The number of fused-ring (bicyclic) bond motifs is 1. The standard InChI is InChI=1S/C13H18FN3S/c1-9(2)17(3)7-6-15-13-16-11-5-4-10(14)8-12(11)18-13/h4-5,8-9H,6-7H2,1-3H3,(H,15,16). The average Bonchev–Trinajstić information content (AvgIpc) is 2.70. The molecule has 0 aliphatic rings. The molecule has 1 N–H and O–H groups in total. The Morgan fingerprint density at radius 1 is 1.44 bits per heavy atom. The van der Waals surface area contributed by atoms with E-state index in [1.165, 1.54) is 23.5 Å². The van der Waals surface area contributed by atoms with Crippen LogP contribution in [0.1, 0.15) is 13.8 Å². The van der Waals surface area contributed by atoms with Crippen molar-refractivity contribution in [2.24, 2.45) is 0 Å². The highest BCUT2D eigenvalue weighted by atomic mass is 32.1. The van der Waals surface area contributed by atoms with Gasteiger partial charge in [0.25, 0.3) is 0 Å². The molecule has 18 heavy (non-hydrogen) atoms. The van der Waals surface area contributed by atoms with Gasteiger partial charge in [-0.25, -0.2) is 9.37 Å². The van der Waals surface area contributed by atoms with Crippen molar-refractivity contribution in [1.29, 1.82) is 0 Å². The van der Waals surface area contributed by atoms with Gasteiger partial charge in [-0.05, 0) is 39.1 Å². The Bertz CT molecular complexity index is 524. The first kappa shape index (κ1) is 13.2. The molecule has 0 saturated carbocycles. The molecule has 0 radical (unpaired) electrons. The van der Waals surface area contributed by atoms with Gasteiger partial charge in [-0.3, -0.25) is 0 Å². The molecule has 3 nitrogen and oxygen atoms in total. The van der Waals surface area contributed by atoms with Crippen LogP contribution in [-0.2, 0) is 0 Å². The molecule has 0 bridgehead atoms. The van der Waals surface area contributed by atoms with Crippen molar-refractivity contribution in [3.63, 3.8) is 0 Å². The maximum atomic E-state index is 13.0.